The first-order valence-corrected chi connectivity index (χ1v) is 9.23. The topological polar surface area (TPSA) is 52.2 Å². The summed E-state index contributed by atoms with van der Waals surface area (Å²) in [5.74, 6) is -0.282. The number of hydrogen-bond donors (Lipinski definition) is 0. The summed E-state index contributed by atoms with van der Waals surface area (Å²) in [6.45, 7) is 4.74. The van der Waals surface area contributed by atoms with Crippen LogP contribution in [-0.4, -0.2) is 19.2 Å². The Kier molecular flexibility index (Phi) is 4.48. The van der Waals surface area contributed by atoms with Gasteiger partial charge in [0.2, 0.25) is 0 Å². The van der Waals surface area contributed by atoms with Crippen molar-refractivity contribution >= 4 is 16.6 Å². The molecular weight excluding hydrogens is 343 g/mol. The third kappa shape index (κ3) is 3.01. The van der Waals surface area contributed by atoms with E-state index in [1.165, 1.54) is 12.1 Å². The molecule has 0 saturated carbocycles. The molecule has 0 unspecified atom stereocenters. The Bertz CT molecular complexity index is 1170. The van der Waals surface area contributed by atoms with E-state index in [0.717, 1.165) is 41.6 Å². The zero-order valence-corrected chi connectivity index (χ0v) is 15.4. The molecule has 5 nitrogen and oxygen atoms in total. The van der Waals surface area contributed by atoms with Crippen LogP contribution >= 0.6 is 0 Å². The molecule has 0 saturated heterocycles. The molecule has 6 heteroatoms. The number of halogens is 1. The molecule has 4 aromatic rings. The number of fused-ring (bicyclic) bond motifs is 3. The Hall–Kier alpha value is -3.02. The Morgan fingerprint density at radius 1 is 1.11 bits per heavy atom. The first kappa shape index (κ1) is 17.4. The number of pyridine rings is 1. The van der Waals surface area contributed by atoms with E-state index in [1.54, 1.807) is 27.4 Å². The van der Waals surface area contributed by atoms with Crippen LogP contribution in [0, 0.1) is 12.7 Å². The van der Waals surface area contributed by atoms with Crippen LogP contribution in [0.5, 0.6) is 0 Å². The van der Waals surface area contributed by atoms with Crippen LogP contribution in [0.3, 0.4) is 0 Å². The Morgan fingerprint density at radius 3 is 2.63 bits per heavy atom. The maximum atomic E-state index is 13.3. The average Bonchev–Trinajstić information content (AvgIpc) is 3.00. The molecule has 3 aromatic heterocycles. The summed E-state index contributed by atoms with van der Waals surface area (Å²) in [5, 5.41) is 5.15. The second-order valence-electron chi connectivity index (χ2n) is 6.78. The van der Waals surface area contributed by atoms with Gasteiger partial charge in [-0.3, -0.25) is 4.79 Å². The predicted octanol–water partition coefficient (Wildman–Crippen LogP) is 4.35. The van der Waals surface area contributed by atoms with Gasteiger partial charge in [0.25, 0.3) is 5.56 Å². The zero-order valence-electron chi connectivity index (χ0n) is 15.4. The molecule has 1 aromatic carbocycles. The lowest BCUT2D eigenvalue weighted by molar-refractivity contribution is 0.590. The van der Waals surface area contributed by atoms with Crippen molar-refractivity contribution in [2.24, 2.45) is 0 Å². The first-order chi connectivity index (χ1) is 13.1. The van der Waals surface area contributed by atoms with Crippen molar-refractivity contribution in [3.8, 4) is 11.1 Å². The van der Waals surface area contributed by atoms with E-state index in [1.807, 2.05) is 19.2 Å². The summed E-state index contributed by atoms with van der Waals surface area (Å²) < 4.78 is 16.7. The van der Waals surface area contributed by atoms with E-state index in [-0.39, 0.29) is 11.4 Å². The molecule has 3 heterocycles. The van der Waals surface area contributed by atoms with Crippen molar-refractivity contribution in [3.05, 3.63) is 64.6 Å². The average molecular weight is 364 g/mol. The van der Waals surface area contributed by atoms with Crippen molar-refractivity contribution in [2.45, 2.75) is 39.7 Å². The maximum Gasteiger partial charge on any atom is 0.261 e. The molecule has 27 heavy (non-hydrogen) atoms. The number of hydrogen-bond acceptors (Lipinski definition) is 3. The Morgan fingerprint density at radius 2 is 1.89 bits per heavy atom. The Balaban J connectivity index is 1.87. The van der Waals surface area contributed by atoms with Crippen molar-refractivity contribution in [3.63, 3.8) is 0 Å². The molecule has 0 amide bonds. The lowest BCUT2D eigenvalue weighted by Crippen LogP contribution is -2.20. The minimum absolute atomic E-state index is 0.0468. The number of unbranched alkanes of at least 4 members (excludes halogenated alkanes) is 2. The van der Waals surface area contributed by atoms with Gasteiger partial charge >= 0.3 is 0 Å². The second kappa shape index (κ2) is 6.95. The van der Waals surface area contributed by atoms with Crippen LogP contribution in [-0.2, 0) is 6.54 Å². The minimum atomic E-state index is -0.282. The molecule has 0 radical (unpaired) electrons. The van der Waals surface area contributed by atoms with E-state index in [2.05, 4.69) is 17.0 Å². The van der Waals surface area contributed by atoms with Crippen LogP contribution in [0.1, 0.15) is 31.9 Å². The lowest BCUT2D eigenvalue weighted by atomic mass is 10.1. The molecule has 0 aliphatic carbocycles. The molecule has 0 aliphatic rings. The largest absolute Gasteiger partial charge is 0.315 e. The van der Waals surface area contributed by atoms with E-state index in [0.29, 0.717) is 17.6 Å². The maximum absolute atomic E-state index is 13.3. The van der Waals surface area contributed by atoms with Crippen LogP contribution in [0.15, 0.2) is 47.5 Å². The summed E-state index contributed by atoms with van der Waals surface area (Å²) >= 11 is 0. The highest BCUT2D eigenvalue weighted by atomic mass is 19.1. The van der Waals surface area contributed by atoms with Crippen molar-refractivity contribution in [2.75, 3.05) is 0 Å². The zero-order chi connectivity index (χ0) is 19.0. The fraction of sp³-hybridized carbons (Fsp3) is 0.286. The Labute approximate surface area is 156 Å². The second-order valence-corrected chi connectivity index (χ2v) is 6.78. The smallest absolute Gasteiger partial charge is 0.261 e. The first-order valence-electron chi connectivity index (χ1n) is 9.23. The van der Waals surface area contributed by atoms with Crippen molar-refractivity contribution in [1.82, 2.24) is 19.2 Å². The molecule has 4 rings (SSSR count). The fourth-order valence-electron chi connectivity index (χ4n) is 3.48. The molecule has 0 fully saturated rings. The van der Waals surface area contributed by atoms with Gasteiger partial charge in [-0.2, -0.15) is 5.10 Å². The number of nitrogens with zero attached hydrogens (tertiary/aromatic N) is 4. The number of aryl methyl sites for hydroxylation is 2. The molecule has 0 spiro atoms. The quantitative estimate of drug-likeness (QED) is 0.495. The van der Waals surface area contributed by atoms with Crippen molar-refractivity contribution < 1.29 is 4.39 Å². The van der Waals surface area contributed by atoms with Gasteiger partial charge in [0.15, 0.2) is 5.65 Å². The number of aromatic nitrogens is 4. The van der Waals surface area contributed by atoms with Crippen LogP contribution in [0.25, 0.3) is 27.7 Å². The van der Waals surface area contributed by atoms with E-state index in [9.17, 15) is 9.18 Å². The van der Waals surface area contributed by atoms with Gasteiger partial charge < -0.3 is 4.57 Å². The van der Waals surface area contributed by atoms with Gasteiger partial charge in [-0.05, 0) is 37.1 Å². The van der Waals surface area contributed by atoms with Crippen LogP contribution in [0.4, 0.5) is 4.39 Å². The highest BCUT2D eigenvalue weighted by Crippen LogP contribution is 2.28. The van der Waals surface area contributed by atoms with Crippen molar-refractivity contribution in [1.29, 1.82) is 0 Å². The molecular formula is C21H21FN4O. The van der Waals surface area contributed by atoms with Gasteiger partial charge in [-0.1, -0.05) is 31.9 Å². The molecule has 0 atom stereocenters. The highest BCUT2D eigenvalue weighted by Gasteiger charge is 2.16. The monoisotopic (exact) mass is 364 g/mol. The van der Waals surface area contributed by atoms with Crippen LogP contribution in [0.2, 0.25) is 0 Å². The fourth-order valence-corrected chi connectivity index (χ4v) is 3.48. The summed E-state index contributed by atoms with van der Waals surface area (Å²) in [6.07, 6.45) is 6.64. The molecule has 0 N–H and O–H groups in total. The van der Waals surface area contributed by atoms with Gasteiger partial charge in [0.1, 0.15) is 5.82 Å². The molecule has 0 aliphatic heterocycles. The van der Waals surface area contributed by atoms with Gasteiger partial charge in [-0.25, -0.2) is 13.9 Å². The highest BCUT2D eigenvalue weighted by molar-refractivity contribution is 5.86. The normalized spacial score (nSPS) is 11.5. The van der Waals surface area contributed by atoms with Gasteiger partial charge in [-0.15, -0.1) is 0 Å². The summed E-state index contributed by atoms with van der Waals surface area (Å²) in [4.78, 5) is 17.3. The van der Waals surface area contributed by atoms with Gasteiger partial charge in [0, 0.05) is 24.5 Å². The predicted molar refractivity (Wildman–Crippen MR) is 104 cm³/mol. The van der Waals surface area contributed by atoms with Gasteiger partial charge in [0.05, 0.1) is 16.6 Å². The summed E-state index contributed by atoms with van der Waals surface area (Å²) in [7, 11) is 0. The molecule has 0 bridgehead atoms. The number of benzene rings is 1. The summed E-state index contributed by atoms with van der Waals surface area (Å²) in [6, 6.07) is 8.20. The minimum Gasteiger partial charge on any atom is -0.315 e. The standard InChI is InChI=1S/C21H21FN4O/c1-3-4-5-11-25-12-10-18-17(21(25)27)13-23-20-19(14(2)24-26(18)20)15-6-8-16(22)9-7-15/h6-10,12-13H,3-5,11H2,1-2H3. The lowest BCUT2D eigenvalue weighted by Gasteiger charge is -2.08. The van der Waals surface area contributed by atoms with E-state index >= 15 is 0 Å². The number of rotatable bonds is 5. The summed E-state index contributed by atoms with van der Waals surface area (Å²) in [5.41, 5.74) is 3.83. The third-order valence-electron chi connectivity index (χ3n) is 4.90. The third-order valence-corrected chi connectivity index (χ3v) is 4.90. The molecule has 138 valence electrons. The SMILES string of the molecule is CCCCCn1ccc2c(cnc3c(-c4ccc(F)cc4)c(C)nn32)c1=O. The van der Waals surface area contributed by atoms with E-state index in [4.69, 9.17) is 0 Å². The van der Waals surface area contributed by atoms with Crippen LogP contribution < -0.4 is 5.56 Å². The van der Waals surface area contributed by atoms with E-state index < -0.39 is 0 Å².